The van der Waals surface area contributed by atoms with Crippen molar-refractivity contribution in [2.75, 3.05) is 33.2 Å². The van der Waals surface area contributed by atoms with Gasteiger partial charge in [0.25, 0.3) is 0 Å². The van der Waals surface area contributed by atoms with E-state index in [-0.39, 0.29) is 12.4 Å². The third-order valence-electron chi connectivity index (χ3n) is 4.75. The van der Waals surface area contributed by atoms with Crippen LogP contribution in [0.3, 0.4) is 0 Å². The number of rotatable bonds is 5. The molecule has 2 nitrogen and oxygen atoms in total. The van der Waals surface area contributed by atoms with Crippen molar-refractivity contribution in [1.82, 2.24) is 10.2 Å². The van der Waals surface area contributed by atoms with Crippen LogP contribution in [0, 0.1) is 11.8 Å². The summed E-state index contributed by atoms with van der Waals surface area (Å²) in [7, 11) is 2.07. The Bertz CT molecular complexity index is 197. The molecule has 0 spiro atoms. The first-order valence-corrected chi connectivity index (χ1v) is 7.75. The number of piperidine rings is 1. The third-order valence-corrected chi connectivity index (χ3v) is 4.75. The van der Waals surface area contributed by atoms with Gasteiger partial charge in [-0.3, -0.25) is 0 Å². The van der Waals surface area contributed by atoms with Crippen molar-refractivity contribution in [2.45, 2.75) is 51.4 Å². The van der Waals surface area contributed by atoms with E-state index in [2.05, 4.69) is 17.3 Å². The molecule has 1 saturated heterocycles. The van der Waals surface area contributed by atoms with Crippen molar-refractivity contribution in [3.63, 3.8) is 0 Å². The van der Waals surface area contributed by atoms with Gasteiger partial charge in [0.05, 0.1) is 0 Å². The lowest BCUT2D eigenvalue weighted by molar-refractivity contribution is 0.142. The number of nitrogens with one attached hydrogen (secondary N) is 1. The Labute approximate surface area is 119 Å². The zero-order valence-corrected chi connectivity index (χ0v) is 12.8. The lowest BCUT2D eigenvalue weighted by atomic mass is 9.87. The molecule has 3 heteroatoms. The molecule has 2 aliphatic rings. The summed E-state index contributed by atoms with van der Waals surface area (Å²) in [4.78, 5) is 2.74. The third kappa shape index (κ3) is 5.46. The first-order valence-electron chi connectivity index (χ1n) is 7.75. The van der Waals surface area contributed by atoms with Crippen LogP contribution >= 0.6 is 12.4 Å². The first-order chi connectivity index (χ1) is 8.38. The van der Waals surface area contributed by atoms with E-state index in [4.69, 9.17) is 0 Å². The summed E-state index contributed by atoms with van der Waals surface area (Å²) in [5.41, 5.74) is 0. The van der Waals surface area contributed by atoms with Gasteiger partial charge in [-0.2, -0.15) is 0 Å². The number of likely N-dealkylation sites (tertiary alicyclic amines) is 1. The van der Waals surface area contributed by atoms with Crippen LogP contribution in [0.5, 0.6) is 0 Å². The zero-order valence-electron chi connectivity index (χ0n) is 12.0. The molecule has 0 atom stereocenters. The molecule has 0 aromatic rings. The van der Waals surface area contributed by atoms with Crippen LogP contribution in [0.15, 0.2) is 0 Å². The van der Waals surface area contributed by atoms with Crippen molar-refractivity contribution in [1.29, 1.82) is 0 Å². The molecule has 0 aromatic heterocycles. The molecule has 0 unspecified atom stereocenters. The van der Waals surface area contributed by atoms with Gasteiger partial charge in [-0.25, -0.2) is 0 Å². The summed E-state index contributed by atoms with van der Waals surface area (Å²) in [5.74, 6) is 2.02. The zero-order chi connectivity index (χ0) is 11.9. The summed E-state index contributed by atoms with van der Waals surface area (Å²) in [6, 6.07) is 0. The van der Waals surface area contributed by atoms with Crippen LogP contribution in [-0.2, 0) is 0 Å². The summed E-state index contributed by atoms with van der Waals surface area (Å²) in [6.45, 7) is 5.34. The molecule has 0 bridgehead atoms. The average Bonchev–Trinajstić information content (AvgIpc) is 2.39. The van der Waals surface area contributed by atoms with E-state index in [0.717, 1.165) is 11.8 Å². The Kier molecular flexibility index (Phi) is 8.28. The van der Waals surface area contributed by atoms with Gasteiger partial charge in [-0.1, -0.05) is 19.3 Å². The predicted molar refractivity (Wildman–Crippen MR) is 81.5 cm³/mol. The van der Waals surface area contributed by atoms with Crippen LogP contribution in [0.2, 0.25) is 0 Å². The van der Waals surface area contributed by atoms with E-state index in [1.165, 1.54) is 77.5 Å². The highest BCUT2D eigenvalue weighted by molar-refractivity contribution is 5.85. The fourth-order valence-corrected chi connectivity index (χ4v) is 3.54. The molecule has 18 heavy (non-hydrogen) atoms. The van der Waals surface area contributed by atoms with Crippen LogP contribution < -0.4 is 5.32 Å². The average molecular weight is 275 g/mol. The molecule has 1 saturated carbocycles. The van der Waals surface area contributed by atoms with Crippen molar-refractivity contribution < 1.29 is 0 Å². The molecule has 1 aliphatic heterocycles. The quantitative estimate of drug-likeness (QED) is 0.828. The molecule has 1 aliphatic carbocycles. The molecule has 0 radical (unpaired) electrons. The maximum Gasteiger partial charge on any atom is 0.000966 e. The van der Waals surface area contributed by atoms with Crippen LogP contribution in [0.1, 0.15) is 51.4 Å². The van der Waals surface area contributed by atoms with Gasteiger partial charge < -0.3 is 10.2 Å². The maximum atomic E-state index is 3.28. The second-order valence-electron chi connectivity index (χ2n) is 6.14. The van der Waals surface area contributed by atoms with E-state index in [1.54, 1.807) is 0 Å². The highest BCUT2D eigenvalue weighted by atomic mass is 35.5. The molecular weight excluding hydrogens is 244 g/mol. The van der Waals surface area contributed by atoms with Gasteiger partial charge in [-0.05, 0) is 70.6 Å². The van der Waals surface area contributed by atoms with Gasteiger partial charge in [0.1, 0.15) is 0 Å². The van der Waals surface area contributed by atoms with Gasteiger partial charge in [0.15, 0.2) is 0 Å². The molecule has 108 valence electrons. The molecule has 2 fully saturated rings. The van der Waals surface area contributed by atoms with E-state index >= 15 is 0 Å². The second-order valence-corrected chi connectivity index (χ2v) is 6.14. The van der Waals surface area contributed by atoms with Crippen molar-refractivity contribution in [2.24, 2.45) is 11.8 Å². The largest absolute Gasteiger partial charge is 0.320 e. The summed E-state index contributed by atoms with van der Waals surface area (Å²) in [6.07, 6.45) is 11.7. The van der Waals surface area contributed by atoms with E-state index in [9.17, 15) is 0 Å². The van der Waals surface area contributed by atoms with Crippen molar-refractivity contribution >= 4 is 12.4 Å². The molecule has 2 rings (SSSR count). The Morgan fingerprint density at radius 1 is 0.944 bits per heavy atom. The number of hydrogen-bond donors (Lipinski definition) is 1. The van der Waals surface area contributed by atoms with E-state index in [1.807, 2.05) is 0 Å². The summed E-state index contributed by atoms with van der Waals surface area (Å²) < 4.78 is 0. The van der Waals surface area contributed by atoms with Crippen molar-refractivity contribution in [3.8, 4) is 0 Å². The van der Waals surface area contributed by atoms with Crippen LogP contribution in [0.4, 0.5) is 0 Å². The normalized spacial score (nSPS) is 23.8. The monoisotopic (exact) mass is 274 g/mol. The highest BCUT2D eigenvalue weighted by Gasteiger charge is 2.22. The van der Waals surface area contributed by atoms with Crippen LogP contribution in [0.25, 0.3) is 0 Å². The molecule has 0 aromatic carbocycles. The van der Waals surface area contributed by atoms with Gasteiger partial charge in [-0.15, -0.1) is 12.4 Å². The molecule has 1 N–H and O–H groups in total. The van der Waals surface area contributed by atoms with Gasteiger partial charge >= 0.3 is 0 Å². The lowest BCUT2D eigenvalue weighted by Crippen LogP contribution is -2.38. The maximum absolute atomic E-state index is 3.28. The minimum atomic E-state index is 0. The Morgan fingerprint density at radius 3 is 2.22 bits per heavy atom. The second kappa shape index (κ2) is 9.17. The summed E-state index contributed by atoms with van der Waals surface area (Å²) >= 11 is 0. The Morgan fingerprint density at radius 2 is 1.61 bits per heavy atom. The number of hydrogen-bond acceptors (Lipinski definition) is 2. The molecule has 1 heterocycles. The smallest absolute Gasteiger partial charge is 0.000966 e. The Balaban J connectivity index is 0.00000162. The lowest BCUT2D eigenvalue weighted by Gasteiger charge is -2.35. The minimum Gasteiger partial charge on any atom is -0.320 e. The minimum absolute atomic E-state index is 0. The van der Waals surface area contributed by atoms with Crippen LogP contribution in [-0.4, -0.2) is 38.1 Å². The molecule has 0 amide bonds. The van der Waals surface area contributed by atoms with Gasteiger partial charge in [0, 0.05) is 6.54 Å². The Hall–Kier alpha value is 0.210. The standard InChI is InChI=1S/C15H30N2.ClH/c1-16-10-7-14-8-11-17(12-9-14)13-15-5-3-2-4-6-15;/h14-16H,2-13H2,1H3;1H. The topological polar surface area (TPSA) is 15.3 Å². The fourth-order valence-electron chi connectivity index (χ4n) is 3.54. The van der Waals surface area contributed by atoms with Gasteiger partial charge in [0.2, 0.25) is 0 Å². The predicted octanol–water partition coefficient (Wildman–Crippen LogP) is 3.31. The van der Waals surface area contributed by atoms with Crippen molar-refractivity contribution in [3.05, 3.63) is 0 Å². The fraction of sp³-hybridized carbons (Fsp3) is 1.00. The van der Waals surface area contributed by atoms with E-state index < -0.39 is 0 Å². The SMILES string of the molecule is CNCCC1CCN(CC2CCCCC2)CC1.Cl. The first kappa shape index (κ1) is 16.3. The van der Waals surface area contributed by atoms with E-state index in [0.29, 0.717) is 0 Å². The number of halogens is 1. The molecular formula is C15H31ClN2. The summed E-state index contributed by atoms with van der Waals surface area (Å²) in [5, 5.41) is 3.28. The highest BCUT2D eigenvalue weighted by Crippen LogP contribution is 2.27. The number of nitrogens with zero attached hydrogens (tertiary/aromatic N) is 1.